The first-order valence-corrected chi connectivity index (χ1v) is 5.13. The fourth-order valence-electron chi connectivity index (χ4n) is 1.48. The quantitative estimate of drug-likeness (QED) is 0.615. The molecule has 1 amide bonds. The van der Waals surface area contributed by atoms with E-state index >= 15 is 0 Å². The van der Waals surface area contributed by atoms with Gasteiger partial charge in [0.15, 0.2) is 0 Å². The van der Waals surface area contributed by atoms with E-state index in [0.29, 0.717) is 12.8 Å². The number of aliphatic hydroxyl groups excluding tert-OH is 1. The highest BCUT2D eigenvalue weighted by molar-refractivity contribution is 5.84. The Morgan fingerprint density at radius 1 is 1.27 bits per heavy atom. The molecule has 86 valence electrons. The molecule has 0 radical (unpaired) electrons. The number of carbonyl (C=O) groups excluding carboxylic acids is 1. The molecule has 0 bridgehead atoms. The summed E-state index contributed by atoms with van der Waals surface area (Å²) in [6, 6.07) is 0.0101. The predicted molar refractivity (Wildman–Crippen MR) is 53.1 cm³/mol. The first kappa shape index (κ1) is 12.0. The van der Waals surface area contributed by atoms with Gasteiger partial charge in [0.05, 0.1) is 12.0 Å². The van der Waals surface area contributed by atoms with Gasteiger partial charge in [0, 0.05) is 12.0 Å². The molecule has 1 aliphatic rings. The van der Waals surface area contributed by atoms with Gasteiger partial charge in [-0.25, -0.2) is 0 Å². The van der Waals surface area contributed by atoms with Crippen LogP contribution in [0.25, 0.3) is 0 Å². The molecule has 1 rings (SSSR count). The first-order chi connectivity index (χ1) is 6.91. The molecule has 5 nitrogen and oxygen atoms in total. The van der Waals surface area contributed by atoms with Crippen LogP contribution in [0.15, 0.2) is 0 Å². The minimum absolute atomic E-state index is 0.0101. The minimum atomic E-state index is -0.966. The lowest BCUT2D eigenvalue weighted by Crippen LogP contribution is -2.49. The van der Waals surface area contributed by atoms with Crippen LogP contribution in [0.3, 0.4) is 0 Å². The Balaban J connectivity index is 2.36. The number of carboxylic acid groups (broad SMARTS) is 1. The Morgan fingerprint density at radius 3 is 2.20 bits per heavy atom. The molecule has 5 heteroatoms. The Morgan fingerprint density at radius 2 is 1.80 bits per heavy atom. The zero-order chi connectivity index (χ0) is 11.6. The zero-order valence-corrected chi connectivity index (χ0v) is 8.93. The number of rotatable bonds is 4. The van der Waals surface area contributed by atoms with Crippen LogP contribution >= 0.6 is 0 Å². The molecular weight excluding hydrogens is 198 g/mol. The van der Waals surface area contributed by atoms with Gasteiger partial charge >= 0.3 is 5.97 Å². The molecule has 0 aromatic heterocycles. The number of hydrogen-bond acceptors (Lipinski definition) is 3. The third-order valence-electron chi connectivity index (χ3n) is 3.01. The van der Waals surface area contributed by atoms with Crippen molar-refractivity contribution in [1.82, 2.24) is 5.32 Å². The van der Waals surface area contributed by atoms with Crippen molar-refractivity contribution >= 4 is 11.9 Å². The van der Waals surface area contributed by atoms with Crippen molar-refractivity contribution < 1.29 is 19.8 Å². The smallest absolute Gasteiger partial charge is 0.307 e. The average molecular weight is 215 g/mol. The topological polar surface area (TPSA) is 86.6 Å². The Hall–Kier alpha value is -1.10. The summed E-state index contributed by atoms with van der Waals surface area (Å²) in [5.74, 6) is -2.44. The maximum Gasteiger partial charge on any atom is 0.307 e. The van der Waals surface area contributed by atoms with Crippen LogP contribution in [-0.4, -0.2) is 34.2 Å². The number of aliphatic carboxylic acids is 1. The molecule has 1 saturated carbocycles. The number of carboxylic acids is 1. The van der Waals surface area contributed by atoms with E-state index in [0.717, 1.165) is 0 Å². The van der Waals surface area contributed by atoms with Crippen molar-refractivity contribution in [3.63, 3.8) is 0 Å². The molecule has 1 aliphatic carbocycles. The second-order valence-corrected chi connectivity index (χ2v) is 4.25. The summed E-state index contributed by atoms with van der Waals surface area (Å²) in [5, 5.41) is 20.5. The van der Waals surface area contributed by atoms with Gasteiger partial charge in [-0.15, -0.1) is 0 Å². The van der Waals surface area contributed by atoms with E-state index in [9.17, 15) is 9.59 Å². The maximum atomic E-state index is 11.5. The van der Waals surface area contributed by atoms with Gasteiger partial charge in [0.1, 0.15) is 0 Å². The normalized spacial score (nSPS) is 28.7. The summed E-state index contributed by atoms with van der Waals surface area (Å²) < 4.78 is 0. The highest BCUT2D eigenvalue weighted by Gasteiger charge is 2.32. The van der Waals surface area contributed by atoms with Gasteiger partial charge in [-0.1, -0.05) is 13.8 Å². The van der Waals surface area contributed by atoms with E-state index < -0.39 is 17.8 Å². The Kier molecular flexibility index (Phi) is 3.68. The SMILES string of the molecule is CC(C(=O)O)C(C)C(=O)NC1CC(O)C1. The van der Waals surface area contributed by atoms with E-state index in [-0.39, 0.29) is 18.1 Å². The maximum absolute atomic E-state index is 11.5. The third-order valence-corrected chi connectivity index (χ3v) is 3.01. The lowest BCUT2D eigenvalue weighted by molar-refractivity contribution is -0.146. The lowest BCUT2D eigenvalue weighted by Gasteiger charge is -2.33. The van der Waals surface area contributed by atoms with Crippen LogP contribution in [0, 0.1) is 11.8 Å². The second kappa shape index (κ2) is 4.61. The van der Waals surface area contributed by atoms with Crippen LogP contribution < -0.4 is 5.32 Å². The molecular formula is C10H17NO4. The van der Waals surface area contributed by atoms with Crippen LogP contribution in [0.4, 0.5) is 0 Å². The van der Waals surface area contributed by atoms with Crippen molar-refractivity contribution in [2.24, 2.45) is 11.8 Å². The summed E-state index contributed by atoms with van der Waals surface area (Å²) in [4.78, 5) is 22.2. The molecule has 2 unspecified atom stereocenters. The zero-order valence-electron chi connectivity index (χ0n) is 8.93. The van der Waals surface area contributed by atoms with Gasteiger partial charge in [-0.2, -0.15) is 0 Å². The highest BCUT2D eigenvalue weighted by Crippen LogP contribution is 2.20. The summed E-state index contributed by atoms with van der Waals surface area (Å²) in [6.45, 7) is 3.12. The standard InChI is InChI=1S/C10H17NO4/c1-5(6(2)10(14)15)9(13)11-7-3-8(12)4-7/h5-8,12H,3-4H2,1-2H3,(H,11,13)(H,14,15). The number of aliphatic hydroxyl groups is 1. The fourth-order valence-corrected chi connectivity index (χ4v) is 1.48. The number of carbonyl (C=O) groups is 2. The molecule has 0 aromatic rings. The molecule has 1 fully saturated rings. The van der Waals surface area contributed by atoms with Gasteiger partial charge in [0.25, 0.3) is 0 Å². The molecule has 2 atom stereocenters. The van der Waals surface area contributed by atoms with Crippen molar-refractivity contribution in [3.05, 3.63) is 0 Å². The lowest BCUT2D eigenvalue weighted by atomic mass is 9.88. The average Bonchev–Trinajstić information content (AvgIpc) is 2.12. The number of amides is 1. The molecule has 0 heterocycles. The Bertz CT molecular complexity index is 260. The van der Waals surface area contributed by atoms with Crippen LogP contribution in [-0.2, 0) is 9.59 Å². The fraction of sp³-hybridized carbons (Fsp3) is 0.800. The van der Waals surface area contributed by atoms with E-state index in [1.807, 2.05) is 0 Å². The van der Waals surface area contributed by atoms with Crippen molar-refractivity contribution in [3.8, 4) is 0 Å². The van der Waals surface area contributed by atoms with E-state index in [1.54, 1.807) is 6.92 Å². The monoisotopic (exact) mass is 215 g/mol. The molecule has 0 saturated heterocycles. The first-order valence-electron chi connectivity index (χ1n) is 5.13. The van der Waals surface area contributed by atoms with E-state index in [2.05, 4.69) is 5.32 Å². The summed E-state index contributed by atoms with van der Waals surface area (Å²) in [7, 11) is 0. The summed E-state index contributed by atoms with van der Waals surface area (Å²) in [5.41, 5.74) is 0. The van der Waals surface area contributed by atoms with Crippen LogP contribution in [0.2, 0.25) is 0 Å². The third kappa shape index (κ3) is 2.92. The van der Waals surface area contributed by atoms with Gasteiger partial charge in [-0.3, -0.25) is 9.59 Å². The summed E-state index contributed by atoms with van der Waals surface area (Å²) in [6.07, 6.45) is 0.822. The number of nitrogens with one attached hydrogen (secondary N) is 1. The van der Waals surface area contributed by atoms with E-state index in [4.69, 9.17) is 10.2 Å². The van der Waals surface area contributed by atoms with Crippen molar-refractivity contribution in [2.75, 3.05) is 0 Å². The molecule has 0 aliphatic heterocycles. The van der Waals surface area contributed by atoms with Gasteiger partial charge in [0.2, 0.25) is 5.91 Å². The molecule has 15 heavy (non-hydrogen) atoms. The van der Waals surface area contributed by atoms with Crippen LogP contribution in [0.1, 0.15) is 26.7 Å². The van der Waals surface area contributed by atoms with Crippen LogP contribution in [0.5, 0.6) is 0 Å². The van der Waals surface area contributed by atoms with Crippen molar-refractivity contribution in [2.45, 2.75) is 38.8 Å². The van der Waals surface area contributed by atoms with Gasteiger partial charge < -0.3 is 15.5 Å². The minimum Gasteiger partial charge on any atom is -0.481 e. The predicted octanol–water partition coefficient (Wildman–Crippen LogP) is -0.0173. The molecule has 0 spiro atoms. The Labute approximate surface area is 88.5 Å². The number of hydrogen-bond donors (Lipinski definition) is 3. The van der Waals surface area contributed by atoms with Gasteiger partial charge in [-0.05, 0) is 12.8 Å². The summed E-state index contributed by atoms with van der Waals surface area (Å²) >= 11 is 0. The van der Waals surface area contributed by atoms with Crippen molar-refractivity contribution in [1.29, 1.82) is 0 Å². The molecule has 0 aromatic carbocycles. The molecule has 3 N–H and O–H groups in total. The highest BCUT2D eigenvalue weighted by atomic mass is 16.4. The largest absolute Gasteiger partial charge is 0.481 e. The van der Waals surface area contributed by atoms with E-state index in [1.165, 1.54) is 6.92 Å². The second-order valence-electron chi connectivity index (χ2n) is 4.25.